The van der Waals surface area contributed by atoms with Crippen molar-refractivity contribution in [3.8, 4) is 0 Å². The van der Waals surface area contributed by atoms with Crippen molar-refractivity contribution in [2.75, 3.05) is 6.54 Å². The molecule has 0 bridgehead atoms. The van der Waals surface area contributed by atoms with Gasteiger partial charge in [0.2, 0.25) is 10.0 Å². The van der Waals surface area contributed by atoms with Crippen LogP contribution in [-0.4, -0.2) is 30.3 Å². The van der Waals surface area contributed by atoms with E-state index in [-0.39, 0.29) is 10.8 Å². The fraction of sp³-hybridized carbons (Fsp3) is 0.176. The Bertz CT molecular complexity index is 1020. The summed E-state index contributed by atoms with van der Waals surface area (Å²) in [6.45, 7) is 2.36. The zero-order valence-electron chi connectivity index (χ0n) is 13.6. The Hall–Kier alpha value is -2.71. The van der Waals surface area contributed by atoms with Gasteiger partial charge in [-0.05, 0) is 43.2 Å². The van der Waals surface area contributed by atoms with Crippen LogP contribution < -0.4 is 10.5 Å². The second kappa shape index (κ2) is 6.66. The van der Waals surface area contributed by atoms with Gasteiger partial charge in [-0.3, -0.25) is 4.79 Å². The third-order valence-corrected chi connectivity index (χ3v) is 4.81. The van der Waals surface area contributed by atoms with Crippen LogP contribution in [0.25, 0.3) is 5.65 Å². The number of primary sulfonamides is 1. The van der Waals surface area contributed by atoms with Crippen molar-refractivity contribution in [3.05, 3.63) is 65.6 Å². The topological polar surface area (TPSA) is 107 Å². The predicted molar refractivity (Wildman–Crippen MR) is 93.8 cm³/mol. The molecule has 3 aromatic rings. The SMILES string of the molecule is Cc1cccc2nc(C(=O)NCCc3ccc(S(N)(=O)=O)cc3)cn12. The number of nitrogens with two attached hydrogens (primary N) is 1. The van der Waals surface area contributed by atoms with Gasteiger partial charge >= 0.3 is 0 Å². The number of fused-ring (bicyclic) bond motifs is 1. The highest BCUT2D eigenvalue weighted by Gasteiger charge is 2.11. The molecule has 1 amide bonds. The summed E-state index contributed by atoms with van der Waals surface area (Å²) in [6, 6.07) is 12.0. The summed E-state index contributed by atoms with van der Waals surface area (Å²) in [7, 11) is -3.69. The fourth-order valence-corrected chi connectivity index (χ4v) is 3.03. The first-order valence-corrected chi connectivity index (χ1v) is 9.24. The van der Waals surface area contributed by atoms with Crippen molar-refractivity contribution in [1.29, 1.82) is 0 Å². The molecule has 3 rings (SSSR count). The molecule has 2 aromatic heterocycles. The first-order valence-electron chi connectivity index (χ1n) is 7.69. The van der Waals surface area contributed by atoms with Gasteiger partial charge in [0, 0.05) is 18.4 Å². The Morgan fingerprint density at radius 2 is 1.92 bits per heavy atom. The van der Waals surface area contributed by atoms with Crippen LogP contribution in [0.4, 0.5) is 0 Å². The van der Waals surface area contributed by atoms with Gasteiger partial charge in [-0.2, -0.15) is 0 Å². The third-order valence-electron chi connectivity index (χ3n) is 3.88. The number of carbonyl (C=O) groups excluding carboxylic acids is 1. The van der Waals surface area contributed by atoms with Gasteiger partial charge in [0.1, 0.15) is 11.3 Å². The second-order valence-electron chi connectivity index (χ2n) is 5.72. The second-order valence-corrected chi connectivity index (χ2v) is 7.28. The summed E-state index contributed by atoms with van der Waals surface area (Å²) >= 11 is 0. The Balaban J connectivity index is 1.61. The molecule has 0 atom stereocenters. The van der Waals surface area contributed by atoms with Gasteiger partial charge in [-0.25, -0.2) is 18.5 Å². The predicted octanol–water partition coefficient (Wildman–Crippen LogP) is 1.26. The number of sulfonamides is 1. The van der Waals surface area contributed by atoms with Crippen LogP contribution >= 0.6 is 0 Å². The highest BCUT2D eigenvalue weighted by atomic mass is 32.2. The van der Waals surface area contributed by atoms with Crippen molar-refractivity contribution in [2.24, 2.45) is 5.14 Å². The van der Waals surface area contributed by atoms with Crippen molar-refractivity contribution in [1.82, 2.24) is 14.7 Å². The molecule has 0 aliphatic carbocycles. The Labute approximate surface area is 145 Å². The lowest BCUT2D eigenvalue weighted by Gasteiger charge is -2.04. The first kappa shape index (κ1) is 17.1. The standard InChI is InChI=1S/C17H18N4O3S/c1-12-3-2-4-16-20-15(11-21(12)16)17(22)19-10-9-13-5-7-14(8-6-13)25(18,23)24/h2-8,11H,9-10H2,1H3,(H,19,22)(H2,18,23,24). The van der Waals surface area contributed by atoms with Crippen molar-refractivity contribution >= 4 is 21.6 Å². The minimum atomic E-state index is -3.69. The van der Waals surface area contributed by atoms with E-state index in [4.69, 9.17) is 5.14 Å². The molecule has 0 radical (unpaired) electrons. The molecule has 0 aliphatic heterocycles. The maximum atomic E-state index is 12.2. The monoisotopic (exact) mass is 358 g/mol. The van der Waals surface area contributed by atoms with Crippen LogP contribution in [0, 0.1) is 6.92 Å². The number of carbonyl (C=O) groups is 1. The van der Waals surface area contributed by atoms with Crippen LogP contribution in [0.15, 0.2) is 53.6 Å². The lowest BCUT2D eigenvalue weighted by atomic mass is 10.1. The summed E-state index contributed by atoms with van der Waals surface area (Å²) < 4.78 is 24.3. The smallest absolute Gasteiger partial charge is 0.271 e. The maximum Gasteiger partial charge on any atom is 0.271 e. The van der Waals surface area contributed by atoms with Gasteiger partial charge < -0.3 is 9.72 Å². The Morgan fingerprint density at radius 3 is 2.56 bits per heavy atom. The molecule has 0 saturated heterocycles. The van der Waals surface area contributed by atoms with E-state index >= 15 is 0 Å². The normalized spacial score (nSPS) is 11.6. The van der Waals surface area contributed by atoms with E-state index in [1.165, 1.54) is 12.1 Å². The quantitative estimate of drug-likeness (QED) is 0.716. The first-order chi connectivity index (χ1) is 11.8. The number of hydrogen-bond donors (Lipinski definition) is 2. The molecule has 0 aliphatic rings. The highest BCUT2D eigenvalue weighted by Crippen LogP contribution is 2.10. The molecular formula is C17H18N4O3S. The van der Waals surface area contributed by atoms with Crippen LogP contribution in [0.5, 0.6) is 0 Å². The average molecular weight is 358 g/mol. The molecule has 7 nitrogen and oxygen atoms in total. The number of aryl methyl sites for hydroxylation is 1. The number of pyridine rings is 1. The van der Waals surface area contributed by atoms with E-state index in [9.17, 15) is 13.2 Å². The summed E-state index contributed by atoms with van der Waals surface area (Å²) in [5, 5.41) is 7.87. The summed E-state index contributed by atoms with van der Waals surface area (Å²) in [6.07, 6.45) is 2.28. The highest BCUT2D eigenvalue weighted by molar-refractivity contribution is 7.89. The number of nitrogens with zero attached hydrogens (tertiary/aromatic N) is 2. The zero-order chi connectivity index (χ0) is 18.0. The Morgan fingerprint density at radius 1 is 1.20 bits per heavy atom. The van der Waals surface area contributed by atoms with Crippen LogP contribution in [0.2, 0.25) is 0 Å². The largest absolute Gasteiger partial charge is 0.350 e. The molecule has 25 heavy (non-hydrogen) atoms. The van der Waals surface area contributed by atoms with Crippen molar-refractivity contribution < 1.29 is 13.2 Å². The van der Waals surface area contributed by atoms with Gasteiger partial charge in [0.25, 0.3) is 5.91 Å². The summed E-state index contributed by atoms with van der Waals surface area (Å²) in [4.78, 5) is 16.6. The number of hydrogen-bond acceptors (Lipinski definition) is 4. The molecule has 0 spiro atoms. The number of rotatable bonds is 5. The third kappa shape index (κ3) is 3.86. The number of aromatic nitrogens is 2. The average Bonchev–Trinajstić information content (AvgIpc) is 3.00. The lowest BCUT2D eigenvalue weighted by molar-refractivity contribution is 0.0949. The van der Waals surface area contributed by atoms with Gasteiger partial charge in [-0.1, -0.05) is 18.2 Å². The summed E-state index contributed by atoms with van der Waals surface area (Å²) in [5.41, 5.74) is 2.99. The van der Waals surface area contributed by atoms with E-state index in [2.05, 4.69) is 10.3 Å². The van der Waals surface area contributed by atoms with Gasteiger partial charge in [-0.15, -0.1) is 0 Å². The molecular weight excluding hydrogens is 340 g/mol. The molecule has 0 fully saturated rings. The lowest BCUT2D eigenvalue weighted by Crippen LogP contribution is -2.26. The van der Waals surface area contributed by atoms with Gasteiger partial charge in [0.15, 0.2) is 0 Å². The molecule has 130 valence electrons. The van der Waals surface area contributed by atoms with Crippen LogP contribution in [-0.2, 0) is 16.4 Å². The van der Waals surface area contributed by atoms with E-state index < -0.39 is 10.0 Å². The molecule has 0 unspecified atom stereocenters. The van der Waals surface area contributed by atoms with E-state index in [0.717, 1.165) is 16.9 Å². The molecule has 1 aromatic carbocycles. The molecule has 3 N–H and O–H groups in total. The van der Waals surface area contributed by atoms with Gasteiger partial charge in [0.05, 0.1) is 4.90 Å². The zero-order valence-corrected chi connectivity index (χ0v) is 14.5. The number of imidazole rings is 1. The van der Waals surface area contributed by atoms with Crippen LogP contribution in [0.3, 0.4) is 0 Å². The minimum Gasteiger partial charge on any atom is -0.350 e. The minimum absolute atomic E-state index is 0.0698. The molecule has 8 heteroatoms. The molecule has 2 heterocycles. The van der Waals surface area contributed by atoms with Crippen LogP contribution in [0.1, 0.15) is 21.7 Å². The number of amides is 1. The van der Waals surface area contributed by atoms with Crippen molar-refractivity contribution in [2.45, 2.75) is 18.2 Å². The summed E-state index contributed by atoms with van der Waals surface area (Å²) in [5.74, 6) is -0.246. The van der Waals surface area contributed by atoms with Crippen molar-refractivity contribution in [3.63, 3.8) is 0 Å². The Kier molecular flexibility index (Phi) is 4.56. The fourth-order valence-electron chi connectivity index (χ4n) is 2.51. The van der Waals surface area contributed by atoms with E-state index in [1.807, 2.05) is 29.5 Å². The van der Waals surface area contributed by atoms with E-state index in [1.54, 1.807) is 18.3 Å². The number of nitrogens with one attached hydrogen (secondary N) is 1. The number of benzene rings is 1. The van der Waals surface area contributed by atoms with E-state index in [0.29, 0.717) is 18.7 Å². The molecule has 0 saturated carbocycles. The maximum absolute atomic E-state index is 12.2.